The van der Waals surface area contributed by atoms with Gasteiger partial charge in [-0.15, -0.1) is 0 Å². The van der Waals surface area contributed by atoms with Crippen molar-refractivity contribution < 1.29 is 4.79 Å². The predicted octanol–water partition coefficient (Wildman–Crippen LogP) is 1.21. The molecule has 0 bridgehead atoms. The Morgan fingerprint density at radius 3 is 2.61 bits per heavy atom. The fraction of sp³-hybridized carbons (Fsp3) is 0.929. The molecule has 3 N–H and O–H groups in total. The maximum Gasteiger partial charge on any atom is 0.227 e. The van der Waals surface area contributed by atoms with Gasteiger partial charge in [0.2, 0.25) is 5.91 Å². The van der Waals surface area contributed by atoms with Crippen molar-refractivity contribution in [2.75, 3.05) is 26.7 Å². The third kappa shape index (κ3) is 3.45. The van der Waals surface area contributed by atoms with Crippen LogP contribution in [0.3, 0.4) is 0 Å². The maximum atomic E-state index is 12.1. The van der Waals surface area contributed by atoms with E-state index >= 15 is 0 Å². The molecule has 4 heteroatoms. The van der Waals surface area contributed by atoms with Gasteiger partial charge in [-0.05, 0) is 39.2 Å². The van der Waals surface area contributed by atoms with Crippen LogP contribution in [0.4, 0.5) is 0 Å². The number of likely N-dealkylation sites (N-methyl/N-ethyl adjacent to an activating group) is 1. The predicted molar refractivity (Wildman–Crippen MR) is 75.3 cm³/mol. The van der Waals surface area contributed by atoms with Gasteiger partial charge in [0.05, 0.1) is 5.41 Å². The summed E-state index contributed by atoms with van der Waals surface area (Å²) in [7, 11) is 2.10. The molecule has 1 amide bonds. The standard InChI is InChI=1S/C14H29N3O/c1-5-12(3)17(4)7-6-16-13(18)14(10-15)8-11(2)9-14/h11-12H,5-10,15H2,1-4H3,(H,16,18). The lowest BCUT2D eigenvalue weighted by Crippen LogP contribution is -2.54. The first-order chi connectivity index (χ1) is 8.45. The van der Waals surface area contributed by atoms with E-state index < -0.39 is 0 Å². The quantitative estimate of drug-likeness (QED) is 0.719. The van der Waals surface area contributed by atoms with Gasteiger partial charge < -0.3 is 16.0 Å². The summed E-state index contributed by atoms with van der Waals surface area (Å²) in [6.45, 7) is 8.66. The van der Waals surface area contributed by atoms with Crippen molar-refractivity contribution in [1.82, 2.24) is 10.2 Å². The number of nitrogens with two attached hydrogens (primary N) is 1. The Kier molecular flexibility index (Phi) is 5.60. The third-order valence-electron chi connectivity index (χ3n) is 4.44. The Morgan fingerprint density at radius 1 is 1.56 bits per heavy atom. The fourth-order valence-electron chi connectivity index (χ4n) is 2.78. The summed E-state index contributed by atoms with van der Waals surface area (Å²) in [5.41, 5.74) is 5.49. The van der Waals surface area contributed by atoms with Crippen molar-refractivity contribution in [2.24, 2.45) is 17.1 Å². The SMILES string of the molecule is CCC(C)N(C)CCNC(=O)C1(CN)CC(C)C1. The van der Waals surface area contributed by atoms with Crippen LogP contribution in [0, 0.1) is 11.3 Å². The van der Waals surface area contributed by atoms with Crippen LogP contribution in [-0.2, 0) is 4.79 Å². The van der Waals surface area contributed by atoms with Gasteiger partial charge in [0, 0.05) is 25.7 Å². The number of carbonyl (C=O) groups is 1. The molecule has 0 aromatic heterocycles. The number of hydrogen-bond donors (Lipinski definition) is 2. The zero-order valence-electron chi connectivity index (χ0n) is 12.3. The molecule has 1 saturated carbocycles. The number of nitrogens with one attached hydrogen (secondary N) is 1. The topological polar surface area (TPSA) is 58.4 Å². The molecule has 0 radical (unpaired) electrons. The largest absolute Gasteiger partial charge is 0.354 e. The first-order valence-electron chi connectivity index (χ1n) is 7.13. The zero-order chi connectivity index (χ0) is 13.8. The fourth-order valence-corrected chi connectivity index (χ4v) is 2.78. The van der Waals surface area contributed by atoms with E-state index in [4.69, 9.17) is 5.73 Å². The molecule has 0 saturated heterocycles. The van der Waals surface area contributed by atoms with Gasteiger partial charge in [0.1, 0.15) is 0 Å². The average molecular weight is 255 g/mol. The van der Waals surface area contributed by atoms with Crippen LogP contribution in [0.15, 0.2) is 0 Å². The molecule has 1 atom stereocenters. The van der Waals surface area contributed by atoms with E-state index in [1.807, 2.05) is 0 Å². The van der Waals surface area contributed by atoms with E-state index in [1.54, 1.807) is 0 Å². The summed E-state index contributed by atoms with van der Waals surface area (Å²) in [5, 5.41) is 3.05. The van der Waals surface area contributed by atoms with E-state index in [0.717, 1.165) is 32.4 Å². The van der Waals surface area contributed by atoms with Crippen molar-refractivity contribution in [3.05, 3.63) is 0 Å². The van der Waals surface area contributed by atoms with E-state index in [0.29, 0.717) is 18.5 Å². The first kappa shape index (κ1) is 15.4. The van der Waals surface area contributed by atoms with Crippen molar-refractivity contribution in [1.29, 1.82) is 0 Å². The molecule has 1 rings (SSSR count). The minimum atomic E-state index is -0.269. The van der Waals surface area contributed by atoms with Crippen LogP contribution in [0.25, 0.3) is 0 Å². The van der Waals surface area contributed by atoms with Crippen LogP contribution in [-0.4, -0.2) is 43.5 Å². The molecule has 0 aliphatic heterocycles. The summed E-state index contributed by atoms with van der Waals surface area (Å²) in [6.07, 6.45) is 3.02. The highest BCUT2D eigenvalue weighted by Gasteiger charge is 2.46. The first-order valence-corrected chi connectivity index (χ1v) is 7.13. The second kappa shape index (κ2) is 6.53. The number of carbonyl (C=O) groups excluding carboxylic acids is 1. The lowest BCUT2D eigenvalue weighted by atomic mass is 9.62. The van der Waals surface area contributed by atoms with E-state index in [-0.39, 0.29) is 11.3 Å². The van der Waals surface area contributed by atoms with E-state index in [2.05, 4.69) is 38.0 Å². The molecule has 106 valence electrons. The van der Waals surface area contributed by atoms with Crippen molar-refractivity contribution in [3.63, 3.8) is 0 Å². The molecule has 0 spiro atoms. The van der Waals surface area contributed by atoms with Crippen molar-refractivity contribution in [2.45, 2.75) is 46.1 Å². The van der Waals surface area contributed by atoms with Gasteiger partial charge in [-0.3, -0.25) is 4.79 Å². The third-order valence-corrected chi connectivity index (χ3v) is 4.44. The van der Waals surface area contributed by atoms with Crippen molar-refractivity contribution in [3.8, 4) is 0 Å². The van der Waals surface area contributed by atoms with Gasteiger partial charge in [-0.2, -0.15) is 0 Å². The summed E-state index contributed by atoms with van der Waals surface area (Å²) in [5.74, 6) is 0.794. The van der Waals surface area contributed by atoms with Gasteiger partial charge in [0.25, 0.3) is 0 Å². The van der Waals surface area contributed by atoms with Crippen molar-refractivity contribution >= 4 is 5.91 Å². The molecule has 0 aromatic rings. The minimum Gasteiger partial charge on any atom is -0.354 e. The second-order valence-corrected chi connectivity index (χ2v) is 5.99. The summed E-state index contributed by atoms with van der Waals surface area (Å²) < 4.78 is 0. The van der Waals surface area contributed by atoms with Crippen LogP contribution in [0.5, 0.6) is 0 Å². The molecular formula is C14H29N3O. The Labute approximate surface area is 111 Å². The number of rotatable bonds is 7. The second-order valence-electron chi connectivity index (χ2n) is 5.99. The smallest absolute Gasteiger partial charge is 0.227 e. The molecule has 1 aliphatic carbocycles. The van der Waals surface area contributed by atoms with Crippen LogP contribution < -0.4 is 11.1 Å². The van der Waals surface area contributed by atoms with E-state index in [1.165, 1.54) is 0 Å². The number of amides is 1. The molecule has 4 nitrogen and oxygen atoms in total. The molecule has 1 unspecified atom stereocenters. The average Bonchev–Trinajstić information content (AvgIpc) is 2.33. The molecule has 1 aliphatic rings. The number of nitrogens with zero attached hydrogens (tertiary/aromatic N) is 1. The molecular weight excluding hydrogens is 226 g/mol. The molecule has 0 aromatic carbocycles. The minimum absolute atomic E-state index is 0.153. The van der Waals surface area contributed by atoms with Crippen LogP contribution in [0.2, 0.25) is 0 Å². The summed E-state index contributed by atoms with van der Waals surface area (Å²) >= 11 is 0. The van der Waals surface area contributed by atoms with E-state index in [9.17, 15) is 4.79 Å². The maximum absolute atomic E-state index is 12.1. The lowest BCUT2D eigenvalue weighted by molar-refractivity contribution is -0.138. The monoisotopic (exact) mass is 255 g/mol. The Bertz CT molecular complexity index is 274. The number of hydrogen-bond acceptors (Lipinski definition) is 3. The highest BCUT2D eigenvalue weighted by atomic mass is 16.2. The van der Waals surface area contributed by atoms with Crippen LogP contribution >= 0.6 is 0 Å². The normalized spacial score (nSPS) is 28.9. The zero-order valence-corrected chi connectivity index (χ0v) is 12.3. The van der Waals surface area contributed by atoms with Crippen LogP contribution in [0.1, 0.15) is 40.0 Å². The highest BCUT2D eigenvalue weighted by molar-refractivity contribution is 5.83. The van der Waals surface area contributed by atoms with Gasteiger partial charge >= 0.3 is 0 Å². The molecule has 0 heterocycles. The Morgan fingerprint density at radius 2 is 2.17 bits per heavy atom. The summed E-state index contributed by atoms with van der Waals surface area (Å²) in [4.78, 5) is 14.4. The summed E-state index contributed by atoms with van der Waals surface area (Å²) in [6, 6.07) is 0.564. The Balaban J connectivity index is 2.29. The highest BCUT2D eigenvalue weighted by Crippen LogP contribution is 2.44. The lowest BCUT2D eigenvalue weighted by Gasteiger charge is -2.44. The molecule has 1 fully saturated rings. The Hall–Kier alpha value is -0.610. The van der Waals surface area contributed by atoms with Gasteiger partial charge in [-0.25, -0.2) is 0 Å². The van der Waals surface area contributed by atoms with Gasteiger partial charge in [0.15, 0.2) is 0 Å². The molecule has 18 heavy (non-hydrogen) atoms. The van der Waals surface area contributed by atoms with Gasteiger partial charge in [-0.1, -0.05) is 13.8 Å².